The number of phenols is 1. The minimum atomic E-state index is 0.146. The molecule has 0 bridgehead atoms. The zero-order valence-corrected chi connectivity index (χ0v) is 21.7. The fraction of sp³-hybridized carbons (Fsp3) is 0.429. The standard InChI is InChI=1S/C28H37N9O/c29-24(21-3-1-2-4-26(21)38)13-22-23-18-37(10-6-25(23)34-27(22)30)28-32-14-20(15-33-28)36-9-5-19(17-36)16-35-11-7-31-8-12-35/h1-4,13-15,19,31,34,38H,5-12,16-18,29-30H2/b24-13-. The first-order valence-electron chi connectivity index (χ1n) is 13.5. The van der Waals surface area contributed by atoms with Crippen molar-refractivity contribution >= 4 is 29.2 Å². The van der Waals surface area contributed by atoms with Crippen LogP contribution in [0.25, 0.3) is 11.8 Å². The fourth-order valence-corrected chi connectivity index (χ4v) is 5.94. The van der Waals surface area contributed by atoms with Crippen LogP contribution < -0.4 is 26.6 Å². The Morgan fingerprint density at radius 1 is 1.08 bits per heavy atom. The first-order valence-corrected chi connectivity index (χ1v) is 13.5. The number of piperazine rings is 1. The molecule has 3 aromatic rings. The van der Waals surface area contributed by atoms with Gasteiger partial charge in [-0.1, -0.05) is 12.1 Å². The number of H-pyrrole nitrogens is 1. The zero-order chi connectivity index (χ0) is 26.1. The van der Waals surface area contributed by atoms with Crippen LogP contribution in [0.2, 0.25) is 0 Å². The van der Waals surface area contributed by atoms with E-state index < -0.39 is 0 Å². The average Bonchev–Trinajstić information content (AvgIpc) is 3.53. The molecular formula is C28H37N9O. The van der Waals surface area contributed by atoms with Crippen molar-refractivity contribution in [2.24, 2.45) is 11.7 Å². The first-order chi connectivity index (χ1) is 18.5. The van der Waals surface area contributed by atoms with Gasteiger partial charge in [-0.3, -0.25) is 0 Å². The quantitative estimate of drug-likeness (QED) is 0.333. The summed E-state index contributed by atoms with van der Waals surface area (Å²) in [4.78, 5) is 20.0. The van der Waals surface area contributed by atoms with Crippen LogP contribution in [-0.4, -0.2) is 77.3 Å². The number of nitrogens with zero attached hydrogens (tertiary/aromatic N) is 5. The summed E-state index contributed by atoms with van der Waals surface area (Å²) in [5, 5.41) is 13.6. The van der Waals surface area contributed by atoms with Crippen molar-refractivity contribution in [3.8, 4) is 5.75 Å². The van der Waals surface area contributed by atoms with E-state index in [2.05, 4.69) is 25.0 Å². The number of hydrogen-bond acceptors (Lipinski definition) is 9. The number of fused-ring (bicyclic) bond motifs is 1. The molecule has 2 saturated heterocycles. The van der Waals surface area contributed by atoms with Gasteiger partial charge in [0.1, 0.15) is 11.6 Å². The Kier molecular flexibility index (Phi) is 6.82. The number of nitrogens with two attached hydrogens (primary N) is 2. The molecule has 0 amide bonds. The molecule has 0 aliphatic carbocycles. The number of nitrogens with one attached hydrogen (secondary N) is 2. The monoisotopic (exact) mass is 515 g/mol. The number of para-hydroxylation sites is 1. The van der Waals surface area contributed by atoms with Crippen molar-refractivity contribution in [3.63, 3.8) is 0 Å². The van der Waals surface area contributed by atoms with Crippen LogP contribution in [0, 0.1) is 5.92 Å². The van der Waals surface area contributed by atoms with Gasteiger partial charge in [-0.05, 0) is 30.5 Å². The Morgan fingerprint density at radius 2 is 1.87 bits per heavy atom. The molecule has 0 spiro atoms. The van der Waals surface area contributed by atoms with Gasteiger partial charge in [-0.2, -0.15) is 0 Å². The third kappa shape index (κ3) is 5.01. The van der Waals surface area contributed by atoms with E-state index in [1.165, 1.54) is 13.0 Å². The maximum Gasteiger partial charge on any atom is 0.225 e. The third-order valence-corrected chi connectivity index (χ3v) is 8.05. The molecule has 1 aromatic carbocycles. The zero-order valence-electron chi connectivity index (χ0n) is 21.7. The van der Waals surface area contributed by atoms with E-state index >= 15 is 0 Å². The molecule has 3 aliphatic heterocycles. The van der Waals surface area contributed by atoms with Gasteiger partial charge in [0.05, 0.1) is 18.1 Å². The molecule has 10 heteroatoms. The van der Waals surface area contributed by atoms with Crippen LogP contribution in [0.3, 0.4) is 0 Å². The SMILES string of the molecule is N/C(=C\c1c(N)[nH]c2c1CN(c1ncc(N3CCC(CN4CCNCC4)C3)cn1)CC2)c1ccccc1O. The maximum absolute atomic E-state index is 10.2. The Balaban J connectivity index is 1.13. The number of phenolic OH excluding ortho intramolecular Hbond substituents is 1. The summed E-state index contributed by atoms with van der Waals surface area (Å²) in [5.41, 5.74) is 17.9. The van der Waals surface area contributed by atoms with Gasteiger partial charge >= 0.3 is 0 Å². The van der Waals surface area contributed by atoms with E-state index in [1.807, 2.05) is 24.5 Å². The minimum absolute atomic E-state index is 0.146. The molecular weight excluding hydrogens is 478 g/mol. The lowest BCUT2D eigenvalue weighted by Gasteiger charge is -2.29. The number of hydrogen-bond donors (Lipinski definition) is 5. The molecule has 6 rings (SSSR count). The van der Waals surface area contributed by atoms with Crippen LogP contribution in [0.5, 0.6) is 5.75 Å². The number of anilines is 3. The average molecular weight is 516 g/mol. The summed E-state index contributed by atoms with van der Waals surface area (Å²) in [6.07, 6.45) is 7.81. The van der Waals surface area contributed by atoms with Crippen LogP contribution in [0.1, 0.15) is 28.8 Å². The molecule has 1 unspecified atom stereocenters. The largest absolute Gasteiger partial charge is 0.507 e. The van der Waals surface area contributed by atoms with Gasteiger partial charge in [0.25, 0.3) is 0 Å². The fourth-order valence-electron chi connectivity index (χ4n) is 5.94. The third-order valence-electron chi connectivity index (χ3n) is 8.05. The highest BCUT2D eigenvalue weighted by atomic mass is 16.3. The Morgan fingerprint density at radius 3 is 2.66 bits per heavy atom. The Bertz CT molecular complexity index is 1300. The molecule has 3 aliphatic rings. The summed E-state index contributed by atoms with van der Waals surface area (Å²) in [6.45, 7) is 9.24. The summed E-state index contributed by atoms with van der Waals surface area (Å²) >= 11 is 0. The van der Waals surface area contributed by atoms with Gasteiger partial charge in [0.15, 0.2) is 0 Å². The highest BCUT2D eigenvalue weighted by Gasteiger charge is 2.27. The molecule has 2 aromatic heterocycles. The molecule has 10 nitrogen and oxygen atoms in total. The van der Waals surface area contributed by atoms with E-state index in [-0.39, 0.29) is 5.75 Å². The lowest BCUT2D eigenvalue weighted by molar-refractivity contribution is 0.212. The van der Waals surface area contributed by atoms with Crippen LogP contribution in [-0.2, 0) is 13.0 Å². The summed E-state index contributed by atoms with van der Waals surface area (Å²) in [5.74, 6) is 2.15. The number of rotatable bonds is 6. The minimum Gasteiger partial charge on any atom is -0.507 e. The van der Waals surface area contributed by atoms with Crippen LogP contribution in [0.15, 0.2) is 36.7 Å². The topological polar surface area (TPSA) is 136 Å². The number of aromatic amines is 1. The highest BCUT2D eigenvalue weighted by Crippen LogP contribution is 2.32. The van der Waals surface area contributed by atoms with Crippen molar-refractivity contribution in [1.82, 2.24) is 25.2 Å². The molecule has 200 valence electrons. The van der Waals surface area contributed by atoms with Gasteiger partial charge in [0, 0.05) is 93.4 Å². The van der Waals surface area contributed by atoms with E-state index in [1.54, 1.807) is 18.2 Å². The van der Waals surface area contributed by atoms with Crippen LogP contribution in [0.4, 0.5) is 17.5 Å². The first kappa shape index (κ1) is 24.6. The second-order valence-corrected chi connectivity index (χ2v) is 10.6. The number of nitrogen functional groups attached to an aromatic ring is 1. The lowest BCUT2D eigenvalue weighted by Crippen LogP contribution is -2.45. The predicted molar refractivity (Wildman–Crippen MR) is 152 cm³/mol. The smallest absolute Gasteiger partial charge is 0.225 e. The van der Waals surface area contributed by atoms with Gasteiger partial charge in [0.2, 0.25) is 5.95 Å². The van der Waals surface area contributed by atoms with Gasteiger partial charge in [-0.25, -0.2) is 9.97 Å². The van der Waals surface area contributed by atoms with Gasteiger partial charge in [-0.15, -0.1) is 0 Å². The molecule has 0 radical (unpaired) electrons. The second kappa shape index (κ2) is 10.5. The maximum atomic E-state index is 10.2. The Labute approximate surface area is 223 Å². The second-order valence-electron chi connectivity index (χ2n) is 10.6. The van der Waals surface area contributed by atoms with E-state index in [0.717, 1.165) is 80.7 Å². The summed E-state index contributed by atoms with van der Waals surface area (Å²) < 4.78 is 0. The van der Waals surface area contributed by atoms with Crippen LogP contribution >= 0.6 is 0 Å². The van der Waals surface area contributed by atoms with E-state index in [4.69, 9.17) is 21.4 Å². The van der Waals surface area contributed by atoms with E-state index in [0.29, 0.717) is 29.5 Å². The van der Waals surface area contributed by atoms with Gasteiger partial charge < -0.3 is 41.6 Å². The molecule has 7 N–H and O–H groups in total. The van der Waals surface area contributed by atoms with Crippen molar-refractivity contribution in [3.05, 3.63) is 59.0 Å². The summed E-state index contributed by atoms with van der Waals surface area (Å²) in [6, 6.07) is 7.05. The molecule has 0 saturated carbocycles. The predicted octanol–water partition coefficient (Wildman–Crippen LogP) is 1.84. The van der Waals surface area contributed by atoms with E-state index in [9.17, 15) is 5.11 Å². The highest BCUT2D eigenvalue weighted by molar-refractivity contribution is 5.86. The van der Waals surface area contributed by atoms with Crippen molar-refractivity contribution in [2.75, 3.05) is 67.9 Å². The molecule has 38 heavy (non-hydrogen) atoms. The van der Waals surface area contributed by atoms with Crippen molar-refractivity contribution in [1.29, 1.82) is 0 Å². The summed E-state index contributed by atoms with van der Waals surface area (Å²) in [7, 11) is 0. The normalized spacial score (nSPS) is 20.6. The Hall–Kier alpha value is -3.76. The number of benzene rings is 1. The van der Waals surface area contributed by atoms with Crippen molar-refractivity contribution < 1.29 is 5.11 Å². The molecule has 2 fully saturated rings. The van der Waals surface area contributed by atoms with Crippen molar-refractivity contribution in [2.45, 2.75) is 19.4 Å². The molecule has 5 heterocycles. The number of aromatic nitrogens is 3. The molecule has 1 atom stereocenters. The lowest BCUT2D eigenvalue weighted by atomic mass is 10.0. The number of aromatic hydroxyl groups is 1.